The zero-order chi connectivity index (χ0) is 11.5. The minimum absolute atomic E-state index is 0.0181. The van der Waals surface area contributed by atoms with Crippen LogP contribution in [0.1, 0.15) is 17.6 Å². The summed E-state index contributed by atoms with van der Waals surface area (Å²) in [5.41, 5.74) is 3.79. The number of nitrogens with two attached hydrogens (primary N) is 1. The van der Waals surface area contributed by atoms with Crippen molar-refractivity contribution < 1.29 is 0 Å². The summed E-state index contributed by atoms with van der Waals surface area (Å²) in [5, 5.41) is 4.02. The minimum Gasteiger partial charge on any atom is -0.336 e. The average molecular weight is 221 g/mol. The van der Waals surface area contributed by atoms with E-state index in [2.05, 4.69) is 20.5 Å². The molecule has 0 spiro atoms. The highest BCUT2D eigenvalue weighted by Crippen LogP contribution is 2.14. The van der Waals surface area contributed by atoms with Crippen LogP contribution in [0.4, 0.5) is 0 Å². The molecule has 0 amide bonds. The summed E-state index contributed by atoms with van der Waals surface area (Å²) in [4.78, 5) is 8.24. The summed E-state index contributed by atoms with van der Waals surface area (Å²) in [7, 11) is 3.79. The molecular formula is C9H15N7. The fourth-order valence-electron chi connectivity index (χ4n) is 1.64. The van der Waals surface area contributed by atoms with E-state index in [-0.39, 0.29) is 6.04 Å². The van der Waals surface area contributed by atoms with Crippen LogP contribution >= 0.6 is 0 Å². The third-order valence-corrected chi connectivity index (χ3v) is 2.60. The monoisotopic (exact) mass is 221 g/mol. The minimum atomic E-state index is -0.0181. The van der Waals surface area contributed by atoms with Gasteiger partial charge in [0.25, 0.3) is 0 Å². The Morgan fingerprint density at radius 3 is 2.81 bits per heavy atom. The van der Waals surface area contributed by atoms with Crippen LogP contribution in [0.5, 0.6) is 0 Å². The van der Waals surface area contributed by atoms with Gasteiger partial charge in [0.2, 0.25) is 0 Å². The molecule has 0 saturated carbocycles. The zero-order valence-electron chi connectivity index (χ0n) is 9.33. The maximum Gasteiger partial charge on any atom is 0.138 e. The van der Waals surface area contributed by atoms with Crippen molar-refractivity contribution in [1.82, 2.24) is 29.7 Å². The van der Waals surface area contributed by atoms with E-state index < -0.39 is 0 Å². The molecule has 16 heavy (non-hydrogen) atoms. The maximum absolute atomic E-state index is 5.55. The summed E-state index contributed by atoms with van der Waals surface area (Å²) in [6.45, 7) is 0. The number of nitrogens with one attached hydrogen (secondary N) is 1. The second kappa shape index (κ2) is 4.42. The van der Waals surface area contributed by atoms with Gasteiger partial charge in [-0.2, -0.15) is 5.10 Å². The number of imidazole rings is 1. The SMILES string of the molecule is Cn1cncc1C(Cc1ncnn1C)NN. The number of rotatable bonds is 4. The van der Waals surface area contributed by atoms with Crippen molar-refractivity contribution >= 4 is 0 Å². The molecule has 0 aliphatic rings. The summed E-state index contributed by atoms with van der Waals surface area (Å²) in [5.74, 6) is 6.43. The summed E-state index contributed by atoms with van der Waals surface area (Å²) < 4.78 is 3.67. The molecule has 0 saturated heterocycles. The van der Waals surface area contributed by atoms with Gasteiger partial charge in [-0.25, -0.2) is 9.97 Å². The van der Waals surface area contributed by atoms with E-state index in [1.807, 2.05) is 18.7 Å². The van der Waals surface area contributed by atoms with Gasteiger partial charge in [-0.15, -0.1) is 0 Å². The van der Waals surface area contributed by atoms with Gasteiger partial charge in [-0.1, -0.05) is 0 Å². The lowest BCUT2D eigenvalue weighted by atomic mass is 10.1. The topological polar surface area (TPSA) is 86.6 Å². The molecule has 2 rings (SSSR count). The first kappa shape index (κ1) is 10.8. The predicted molar refractivity (Wildman–Crippen MR) is 58.0 cm³/mol. The second-order valence-corrected chi connectivity index (χ2v) is 3.65. The van der Waals surface area contributed by atoms with Gasteiger partial charge in [0, 0.05) is 26.7 Å². The fraction of sp³-hybridized carbons (Fsp3) is 0.444. The standard InChI is InChI=1S/C9H15N7/c1-15-6-11-4-8(15)7(14-10)3-9-12-5-13-16(9)2/h4-7,14H,3,10H2,1-2H3. The van der Waals surface area contributed by atoms with E-state index >= 15 is 0 Å². The molecule has 2 heterocycles. The Morgan fingerprint density at radius 1 is 1.50 bits per heavy atom. The Labute approximate surface area is 93.3 Å². The molecule has 2 aromatic rings. The van der Waals surface area contributed by atoms with Gasteiger partial charge in [0.05, 0.1) is 18.1 Å². The number of hydrazine groups is 1. The highest BCUT2D eigenvalue weighted by molar-refractivity contribution is 5.07. The summed E-state index contributed by atoms with van der Waals surface area (Å²) >= 11 is 0. The molecule has 0 radical (unpaired) electrons. The lowest BCUT2D eigenvalue weighted by Gasteiger charge is -2.15. The van der Waals surface area contributed by atoms with Crippen LogP contribution < -0.4 is 11.3 Å². The first-order chi connectivity index (χ1) is 7.72. The molecule has 1 atom stereocenters. The van der Waals surface area contributed by atoms with Crippen molar-refractivity contribution in [2.75, 3.05) is 0 Å². The van der Waals surface area contributed by atoms with E-state index in [9.17, 15) is 0 Å². The van der Waals surface area contributed by atoms with Crippen LogP contribution in [0.2, 0.25) is 0 Å². The first-order valence-corrected chi connectivity index (χ1v) is 4.97. The van der Waals surface area contributed by atoms with Crippen LogP contribution in [-0.2, 0) is 20.5 Å². The van der Waals surface area contributed by atoms with E-state index in [0.717, 1.165) is 11.5 Å². The van der Waals surface area contributed by atoms with Crippen molar-refractivity contribution in [3.63, 3.8) is 0 Å². The fourth-order valence-corrected chi connectivity index (χ4v) is 1.64. The molecule has 0 aromatic carbocycles. The lowest BCUT2D eigenvalue weighted by molar-refractivity contribution is 0.499. The number of nitrogens with zero attached hydrogens (tertiary/aromatic N) is 5. The average Bonchev–Trinajstić information content (AvgIpc) is 2.85. The Kier molecular flexibility index (Phi) is 2.97. The molecule has 7 heteroatoms. The van der Waals surface area contributed by atoms with E-state index in [1.165, 1.54) is 6.33 Å². The Hall–Kier alpha value is -1.73. The largest absolute Gasteiger partial charge is 0.336 e. The summed E-state index contributed by atoms with van der Waals surface area (Å²) in [6.07, 6.45) is 5.75. The van der Waals surface area contributed by atoms with Gasteiger partial charge in [0.15, 0.2) is 0 Å². The van der Waals surface area contributed by atoms with Crippen LogP contribution in [0.15, 0.2) is 18.9 Å². The van der Waals surface area contributed by atoms with E-state index in [0.29, 0.717) is 6.42 Å². The molecule has 1 unspecified atom stereocenters. The van der Waals surface area contributed by atoms with Crippen molar-refractivity contribution in [3.05, 3.63) is 30.4 Å². The highest BCUT2D eigenvalue weighted by Gasteiger charge is 2.16. The molecule has 7 nitrogen and oxygen atoms in total. The third kappa shape index (κ3) is 1.95. The van der Waals surface area contributed by atoms with Gasteiger partial charge in [-0.3, -0.25) is 16.0 Å². The van der Waals surface area contributed by atoms with Gasteiger partial charge in [0.1, 0.15) is 12.2 Å². The number of aryl methyl sites for hydroxylation is 2. The molecular weight excluding hydrogens is 206 g/mol. The highest BCUT2D eigenvalue weighted by atomic mass is 15.3. The lowest BCUT2D eigenvalue weighted by Crippen LogP contribution is -2.31. The Bertz CT molecular complexity index is 458. The van der Waals surface area contributed by atoms with Crippen LogP contribution in [-0.4, -0.2) is 24.3 Å². The van der Waals surface area contributed by atoms with Crippen molar-refractivity contribution in [1.29, 1.82) is 0 Å². The van der Waals surface area contributed by atoms with Crippen molar-refractivity contribution in [2.24, 2.45) is 19.9 Å². The second-order valence-electron chi connectivity index (χ2n) is 3.65. The maximum atomic E-state index is 5.55. The molecule has 0 aliphatic carbocycles. The number of hydrogen-bond acceptors (Lipinski definition) is 5. The summed E-state index contributed by atoms with van der Waals surface area (Å²) in [6, 6.07) is -0.0181. The van der Waals surface area contributed by atoms with Gasteiger partial charge < -0.3 is 4.57 Å². The zero-order valence-corrected chi connectivity index (χ0v) is 9.33. The number of hydrogen-bond donors (Lipinski definition) is 2. The van der Waals surface area contributed by atoms with Gasteiger partial charge in [-0.05, 0) is 0 Å². The first-order valence-electron chi connectivity index (χ1n) is 4.97. The Balaban J connectivity index is 2.19. The van der Waals surface area contributed by atoms with Gasteiger partial charge >= 0.3 is 0 Å². The van der Waals surface area contributed by atoms with Crippen LogP contribution in [0, 0.1) is 0 Å². The molecule has 86 valence electrons. The van der Waals surface area contributed by atoms with E-state index in [1.54, 1.807) is 17.2 Å². The predicted octanol–water partition coefficient (Wildman–Crippen LogP) is -0.704. The molecule has 2 aromatic heterocycles. The number of aromatic nitrogens is 5. The molecule has 3 N–H and O–H groups in total. The third-order valence-electron chi connectivity index (χ3n) is 2.60. The molecule has 0 fully saturated rings. The quantitative estimate of drug-likeness (QED) is 0.526. The molecule has 0 bridgehead atoms. The Morgan fingerprint density at radius 2 is 2.31 bits per heavy atom. The van der Waals surface area contributed by atoms with Crippen LogP contribution in [0.25, 0.3) is 0 Å². The molecule has 0 aliphatic heterocycles. The van der Waals surface area contributed by atoms with Crippen molar-refractivity contribution in [3.8, 4) is 0 Å². The normalized spacial score (nSPS) is 12.9. The van der Waals surface area contributed by atoms with Crippen LogP contribution in [0.3, 0.4) is 0 Å². The van der Waals surface area contributed by atoms with E-state index in [4.69, 9.17) is 5.84 Å². The smallest absolute Gasteiger partial charge is 0.138 e. The van der Waals surface area contributed by atoms with Crippen molar-refractivity contribution in [2.45, 2.75) is 12.5 Å².